The van der Waals surface area contributed by atoms with Gasteiger partial charge in [-0.3, -0.25) is 0 Å². The van der Waals surface area contributed by atoms with Crippen LogP contribution in [0.15, 0.2) is 53.3 Å². The predicted molar refractivity (Wildman–Crippen MR) is 117 cm³/mol. The Hall–Kier alpha value is -2.93. The first kappa shape index (κ1) is 18.1. The SMILES string of the molecule is COc1cc(-c2nn(C3CCc4ccccc4C3)c3ncnc(N)c23)ccc1Br. The number of rotatable bonds is 3. The van der Waals surface area contributed by atoms with E-state index in [0.29, 0.717) is 5.82 Å². The van der Waals surface area contributed by atoms with Crippen LogP contribution in [0.2, 0.25) is 0 Å². The summed E-state index contributed by atoms with van der Waals surface area (Å²) >= 11 is 3.51. The maximum atomic E-state index is 6.27. The van der Waals surface area contributed by atoms with E-state index >= 15 is 0 Å². The van der Waals surface area contributed by atoms with Crippen LogP contribution in [0.3, 0.4) is 0 Å². The predicted octanol–water partition coefficient (Wildman–Crippen LogP) is 4.58. The highest BCUT2D eigenvalue weighted by Crippen LogP contribution is 2.37. The molecule has 29 heavy (non-hydrogen) atoms. The average Bonchev–Trinajstić information content (AvgIpc) is 3.15. The summed E-state index contributed by atoms with van der Waals surface area (Å²) in [5.74, 6) is 1.18. The van der Waals surface area contributed by atoms with Crippen LogP contribution in [-0.4, -0.2) is 26.9 Å². The third-order valence-corrected chi connectivity index (χ3v) is 6.26. The molecule has 2 aromatic carbocycles. The Balaban J connectivity index is 1.66. The second kappa shape index (κ2) is 7.15. The van der Waals surface area contributed by atoms with Gasteiger partial charge in [0.15, 0.2) is 5.65 Å². The Morgan fingerprint density at radius 3 is 2.79 bits per heavy atom. The molecule has 0 amide bonds. The van der Waals surface area contributed by atoms with Gasteiger partial charge in [0.2, 0.25) is 0 Å². The van der Waals surface area contributed by atoms with Crippen LogP contribution in [0.5, 0.6) is 5.75 Å². The van der Waals surface area contributed by atoms with Crippen LogP contribution >= 0.6 is 15.9 Å². The van der Waals surface area contributed by atoms with Gasteiger partial charge in [0.05, 0.1) is 23.0 Å². The van der Waals surface area contributed by atoms with Gasteiger partial charge in [-0.1, -0.05) is 30.3 Å². The van der Waals surface area contributed by atoms with Crippen molar-refractivity contribution < 1.29 is 4.74 Å². The summed E-state index contributed by atoms with van der Waals surface area (Å²) < 4.78 is 8.39. The molecule has 146 valence electrons. The summed E-state index contributed by atoms with van der Waals surface area (Å²) in [5, 5.41) is 5.77. The molecule has 0 saturated heterocycles. The van der Waals surface area contributed by atoms with E-state index in [1.54, 1.807) is 7.11 Å². The molecule has 4 aromatic rings. The number of nitrogens with zero attached hydrogens (tertiary/aromatic N) is 4. The van der Waals surface area contributed by atoms with Crippen molar-refractivity contribution in [3.8, 4) is 17.0 Å². The van der Waals surface area contributed by atoms with E-state index in [2.05, 4.69) is 50.2 Å². The summed E-state index contributed by atoms with van der Waals surface area (Å²) in [4.78, 5) is 8.77. The van der Waals surface area contributed by atoms with Crippen LogP contribution in [0.1, 0.15) is 23.6 Å². The summed E-state index contributed by atoms with van der Waals surface area (Å²) in [6, 6.07) is 14.8. The van der Waals surface area contributed by atoms with Crippen molar-refractivity contribution in [1.29, 1.82) is 0 Å². The minimum absolute atomic E-state index is 0.229. The number of halogens is 1. The lowest BCUT2D eigenvalue weighted by molar-refractivity contribution is 0.411. The molecule has 0 bridgehead atoms. The van der Waals surface area contributed by atoms with Crippen molar-refractivity contribution >= 4 is 32.8 Å². The van der Waals surface area contributed by atoms with Gasteiger partial charge in [0.1, 0.15) is 23.6 Å². The molecular weight excluding hydrogens is 430 g/mol. The molecule has 0 fully saturated rings. The van der Waals surface area contributed by atoms with Crippen molar-refractivity contribution in [1.82, 2.24) is 19.7 Å². The van der Waals surface area contributed by atoms with Crippen LogP contribution in [0.4, 0.5) is 5.82 Å². The molecule has 0 aliphatic heterocycles. The molecular formula is C22H20BrN5O. The van der Waals surface area contributed by atoms with E-state index in [0.717, 1.165) is 51.8 Å². The number of aryl methyl sites for hydroxylation is 1. The Morgan fingerprint density at radius 1 is 1.14 bits per heavy atom. The highest BCUT2D eigenvalue weighted by atomic mass is 79.9. The number of fused-ring (bicyclic) bond motifs is 2. The minimum Gasteiger partial charge on any atom is -0.496 e. The second-order valence-electron chi connectivity index (χ2n) is 7.27. The highest BCUT2D eigenvalue weighted by Gasteiger charge is 2.26. The van der Waals surface area contributed by atoms with Crippen molar-refractivity contribution in [2.45, 2.75) is 25.3 Å². The molecule has 0 saturated carbocycles. The van der Waals surface area contributed by atoms with Gasteiger partial charge < -0.3 is 10.5 Å². The molecule has 0 radical (unpaired) electrons. The average molecular weight is 450 g/mol. The van der Waals surface area contributed by atoms with E-state index in [9.17, 15) is 0 Å². The minimum atomic E-state index is 0.229. The van der Waals surface area contributed by atoms with Gasteiger partial charge >= 0.3 is 0 Å². The molecule has 1 unspecified atom stereocenters. The van der Waals surface area contributed by atoms with Crippen LogP contribution in [0, 0.1) is 0 Å². The third kappa shape index (κ3) is 3.06. The monoisotopic (exact) mass is 449 g/mol. The number of ether oxygens (including phenoxy) is 1. The first-order chi connectivity index (χ1) is 14.2. The molecule has 1 atom stereocenters. The van der Waals surface area contributed by atoms with E-state index in [4.69, 9.17) is 15.6 Å². The lowest BCUT2D eigenvalue weighted by atomic mass is 9.88. The Bertz CT molecular complexity index is 1220. The number of hydrogen-bond acceptors (Lipinski definition) is 5. The first-order valence-electron chi connectivity index (χ1n) is 9.55. The zero-order chi connectivity index (χ0) is 20.0. The van der Waals surface area contributed by atoms with Crippen molar-refractivity contribution in [2.24, 2.45) is 0 Å². The van der Waals surface area contributed by atoms with Crippen LogP contribution in [0.25, 0.3) is 22.3 Å². The second-order valence-corrected chi connectivity index (χ2v) is 8.12. The van der Waals surface area contributed by atoms with Crippen molar-refractivity contribution in [3.63, 3.8) is 0 Å². The summed E-state index contributed by atoms with van der Waals surface area (Å²) in [6.45, 7) is 0. The van der Waals surface area contributed by atoms with Gasteiger partial charge in [-0.25, -0.2) is 14.6 Å². The van der Waals surface area contributed by atoms with E-state index in [1.807, 2.05) is 22.9 Å². The zero-order valence-electron chi connectivity index (χ0n) is 16.0. The van der Waals surface area contributed by atoms with Crippen LogP contribution < -0.4 is 10.5 Å². The van der Waals surface area contributed by atoms with Crippen LogP contribution in [-0.2, 0) is 12.8 Å². The zero-order valence-corrected chi connectivity index (χ0v) is 17.6. The number of benzene rings is 2. The standard InChI is InChI=1S/C22H20BrN5O/c1-29-18-11-15(7-9-17(18)23)20-19-21(24)25-12-26-22(19)28(27-20)16-8-6-13-4-2-3-5-14(13)10-16/h2-5,7,9,11-12,16H,6,8,10H2,1H3,(H2,24,25,26). The van der Waals surface area contributed by atoms with Crippen molar-refractivity contribution in [2.75, 3.05) is 12.8 Å². The Morgan fingerprint density at radius 2 is 1.97 bits per heavy atom. The van der Waals surface area contributed by atoms with E-state index in [-0.39, 0.29) is 6.04 Å². The molecule has 1 aliphatic rings. The fourth-order valence-corrected chi connectivity index (χ4v) is 4.55. The Kier molecular flexibility index (Phi) is 4.47. The van der Waals surface area contributed by atoms with Gasteiger partial charge in [0.25, 0.3) is 0 Å². The number of methoxy groups -OCH3 is 1. The summed E-state index contributed by atoms with van der Waals surface area (Å²) in [6.07, 6.45) is 4.49. The lowest BCUT2D eigenvalue weighted by Gasteiger charge is -2.25. The maximum absolute atomic E-state index is 6.27. The maximum Gasteiger partial charge on any atom is 0.164 e. The molecule has 6 nitrogen and oxygen atoms in total. The quantitative estimate of drug-likeness (QED) is 0.495. The summed E-state index contributed by atoms with van der Waals surface area (Å²) in [7, 11) is 1.65. The fraction of sp³-hybridized carbons (Fsp3) is 0.227. The number of nitrogens with two attached hydrogens (primary N) is 1. The first-order valence-corrected chi connectivity index (χ1v) is 10.3. The molecule has 1 aliphatic carbocycles. The summed E-state index contributed by atoms with van der Waals surface area (Å²) in [5.41, 5.74) is 11.5. The van der Waals surface area contributed by atoms with Gasteiger partial charge in [-0.2, -0.15) is 5.10 Å². The van der Waals surface area contributed by atoms with E-state index in [1.165, 1.54) is 17.5 Å². The van der Waals surface area contributed by atoms with E-state index < -0.39 is 0 Å². The third-order valence-electron chi connectivity index (χ3n) is 5.61. The topological polar surface area (TPSA) is 78.8 Å². The number of hydrogen-bond donors (Lipinski definition) is 1. The smallest absolute Gasteiger partial charge is 0.164 e. The van der Waals surface area contributed by atoms with Gasteiger partial charge in [-0.15, -0.1) is 0 Å². The largest absolute Gasteiger partial charge is 0.496 e. The number of nitrogen functional groups attached to an aromatic ring is 1. The highest BCUT2D eigenvalue weighted by molar-refractivity contribution is 9.10. The Labute approximate surface area is 176 Å². The fourth-order valence-electron chi connectivity index (χ4n) is 4.15. The molecule has 2 N–H and O–H groups in total. The van der Waals surface area contributed by atoms with Gasteiger partial charge in [-0.05, 0) is 58.5 Å². The lowest BCUT2D eigenvalue weighted by Crippen LogP contribution is -2.20. The molecule has 2 aromatic heterocycles. The molecule has 5 rings (SSSR count). The molecule has 2 heterocycles. The molecule has 0 spiro atoms. The number of aromatic nitrogens is 4. The van der Waals surface area contributed by atoms with Gasteiger partial charge in [0, 0.05) is 5.56 Å². The number of anilines is 1. The normalized spacial score (nSPS) is 16.0. The van der Waals surface area contributed by atoms with Crippen molar-refractivity contribution in [3.05, 3.63) is 64.4 Å². The molecule has 7 heteroatoms.